The van der Waals surface area contributed by atoms with Crippen LogP contribution in [0.2, 0.25) is 5.02 Å². The number of hydrogen-bond acceptors (Lipinski definition) is 7. The van der Waals surface area contributed by atoms with Crippen molar-refractivity contribution in [2.45, 2.75) is 52.2 Å². The van der Waals surface area contributed by atoms with E-state index in [4.69, 9.17) is 26.0 Å². The van der Waals surface area contributed by atoms with Crippen LogP contribution in [0.5, 0.6) is 0 Å². The van der Waals surface area contributed by atoms with Crippen LogP contribution in [0, 0.1) is 6.92 Å². The van der Waals surface area contributed by atoms with Gasteiger partial charge >= 0.3 is 7.12 Å². The second-order valence-corrected chi connectivity index (χ2v) is 9.06. The normalized spacial score (nSPS) is 18.4. The number of oxazole rings is 1. The Balaban J connectivity index is 1.61. The summed E-state index contributed by atoms with van der Waals surface area (Å²) in [5.41, 5.74) is 3.04. The van der Waals surface area contributed by atoms with Crippen LogP contribution in [-0.4, -0.2) is 48.8 Å². The van der Waals surface area contributed by atoms with Gasteiger partial charge < -0.3 is 23.9 Å². The van der Waals surface area contributed by atoms with Crippen LogP contribution in [-0.2, 0) is 6.54 Å². The van der Waals surface area contributed by atoms with Gasteiger partial charge in [0.2, 0.25) is 0 Å². The third kappa shape index (κ3) is 3.90. The quantitative estimate of drug-likeness (QED) is 0.437. The SMILES string of the molecule is Cc1nc(Cn2c(-c3ccc(N4[C@@H](C)CC[C@@H]4C)nc3)nc3c(Cl)c(B(O)O)ccc32)co1. The zero-order valence-electron chi connectivity index (χ0n) is 18.7. The highest BCUT2D eigenvalue weighted by Crippen LogP contribution is 2.32. The molecule has 0 bridgehead atoms. The molecule has 2 N–H and O–H groups in total. The molecular formula is C23H25BClN5O3. The molecule has 1 aliphatic rings. The zero-order valence-corrected chi connectivity index (χ0v) is 19.5. The van der Waals surface area contributed by atoms with Gasteiger partial charge in [-0.3, -0.25) is 0 Å². The molecule has 10 heteroatoms. The molecule has 1 aliphatic heterocycles. The van der Waals surface area contributed by atoms with Crippen LogP contribution >= 0.6 is 11.6 Å². The first kappa shape index (κ1) is 21.9. The summed E-state index contributed by atoms with van der Waals surface area (Å²) in [4.78, 5) is 16.3. The van der Waals surface area contributed by atoms with Gasteiger partial charge in [0, 0.05) is 36.2 Å². The Morgan fingerprint density at radius 3 is 2.48 bits per heavy atom. The zero-order chi connectivity index (χ0) is 23.3. The maximum Gasteiger partial charge on any atom is 0.490 e. The van der Waals surface area contributed by atoms with Gasteiger partial charge in [-0.2, -0.15) is 0 Å². The van der Waals surface area contributed by atoms with Crippen molar-refractivity contribution in [3.05, 3.63) is 53.3 Å². The van der Waals surface area contributed by atoms with E-state index in [0.717, 1.165) is 35.4 Å². The van der Waals surface area contributed by atoms with Crippen molar-refractivity contribution in [2.75, 3.05) is 4.90 Å². The van der Waals surface area contributed by atoms with Gasteiger partial charge in [0.05, 0.1) is 22.8 Å². The maximum absolute atomic E-state index is 9.67. The predicted molar refractivity (Wildman–Crippen MR) is 129 cm³/mol. The Hall–Kier alpha value is -2.88. The van der Waals surface area contributed by atoms with Gasteiger partial charge in [-0.1, -0.05) is 17.7 Å². The lowest BCUT2D eigenvalue weighted by Crippen LogP contribution is -2.33. The summed E-state index contributed by atoms with van der Waals surface area (Å²) in [6.07, 6.45) is 5.77. The van der Waals surface area contributed by atoms with Crippen LogP contribution < -0.4 is 10.4 Å². The van der Waals surface area contributed by atoms with Crippen molar-refractivity contribution in [3.8, 4) is 11.4 Å². The molecule has 1 aromatic carbocycles. The molecule has 0 radical (unpaired) electrons. The van der Waals surface area contributed by atoms with E-state index in [9.17, 15) is 10.0 Å². The van der Waals surface area contributed by atoms with Crippen molar-refractivity contribution >= 4 is 41.0 Å². The molecule has 170 valence electrons. The minimum Gasteiger partial charge on any atom is -0.449 e. The fourth-order valence-electron chi connectivity index (χ4n) is 4.71. The number of benzene rings is 1. The Kier molecular flexibility index (Phi) is 5.64. The molecule has 33 heavy (non-hydrogen) atoms. The number of imidazole rings is 1. The number of nitrogens with zero attached hydrogens (tertiary/aromatic N) is 5. The molecule has 8 nitrogen and oxygen atoms in total. The van der Waals surface area contributed by atoms with Gasteiger partial charge in [-0.05, 0) is 44.9 Å². The van der Waals surface area contributed by atoms with Crippen molar-refractivity contribution in [2.24, 2.45) is 0 Å². The predicted octanol–water partition coefficient (Wildman–Crippen LogP) is 3.15. The van der Waals surface area contributed by atoms with Crippen molar-refractivity contribution in [3.63, 3.8) is 0 Å². The van der Waals surface area contributed by atoms with Crippen LogP contribution in [0.4, 0.5) is 5.82 Å². The maximum atomic E-state index is 9.67. The number of anilines is 1. The lowest BCUT2D eigenvalue weighted by molar-refractivity contribution is 0.426. The molecule has 0 amide bonds. The highest BCUT2D eigenvalue weighted by atomic mass is 35.5. The second-order valence-electron chi connectivity index (χ2n) is 8.68. The Bertz CT molecular complexity index is 1290. The third-order valence-electron chi connectivity index (χ3n) is 6.38. The van der Waals surface area contributed by atoms with Gasteiger partial charge in [-0.25, -0.2) is 15.0 Å². The summed E-state index contributed by atoms with van der Waals surface area (Å²) >= 11 is 6.51. The molecular weight excluding hydrogens is 441 g/mol. The largest absolute Gasteiger partial charge is 0.490 e. The monoisotopic (exact) mass is 465 g/mol. The van der Waals surface area contributed by atoms with Gasteiger partial charge in [-0.15, -0.1) is 0 Å². The van der Waals surface area contributed by atoms with Crippen molar-refractivity contribution < 1.29 is 14.5 Å². The number of halogens is 1. The Morgan fingerprint density at radius 1 is 1.12 bits per heavy atom. The topological polar surface area (TPSA) is 100 Å². The van der Waals surface area contributed by atoms with Crippen LogP contribution in [0.1, 0.15) is 38.3 Å². The standard InChI is InChI=1S/C23H25BClN5O3/c1-13-4-5-14(2)30(13)20-9-6-16(10-26-20)23-28-22-19(8-7-18(21(22)25)24(31)32)29(23)11-17-12-33-15(3)27-17/h6-10,12-14,31-32H,4-5,11H2,1-3H3/t13-,14-/m0/s1. The Labute approximate surface area is 197 Å². The van der Waals surface area contributed by atoms with Crippen LogP contribution in [0.15, 0.2) is 41.1 Å². The number of hydrogen-bond donors (Lipinski definition) is 2. The average Bonchev–Trinajstić information content (AvgIpc) is 3.46. The smallest absolute Gasteiger partial charge is 0.449 e. The molecule has 0 aliphatic carbocycles. The van der Waals surface area contributed by atoms with E-state index >= 15 is 0 Å². The Morgan fingerprint density at radius 2 is 1.88 bits per heavy atom. The summed E-state index contributed by atoms with van der Waals surface area (Å²) in [5, 5.41) is 19.6. The molecule has 5 rings (SSSR count). The molecule has 0 spiro atoms. The lowest BCUT2D eigenvalue weighted by atomic mass is 9.80. The van der Waals surface area contributed by atoms with E-state index in [1.54, 1.807) is 25.3 Å². The van der Waals surface area contributed by atoms with Crippen LogP contribution in [0.25, 0.3) is 22.4 Å². The minimum absolute atomic E-state index is 0.211. The number of aryl methyl sites for hydroxylation is 1. The third-order valence-corrected chi connectivity index (χ3v) is 6.77. The van der Waals surface area contributed by atoms with E-state index in [1.807, 2.05) is 22.9 Å². The van der Waals surface area contributed by atoms with E-state index < -0.39 is 7.12 Å². The molecule has 4 heterocycles. The number of rotatable bonds is 5. The summed E-state index contributed by atoms with van der Waals surface area (Å²) in [7, 11) is -1.68. The molecule has 0 saturated carbocycles. The number of aromatic nitrogens is 4. The molecule has 4 aromatic rings. The first-order valence-electron chi connectivity index (χ1n) is 11.0. The molecule has 1 saturated heterocycles. The van der Waals surface area contributed by atoms with Gasteiger partial charge in [0.1, 0.15) is 23.4 Å². The van der Waals surface area contributed by atoms with E-state index in [-0.39, 0.29) is 10.5 Å². The van der Waals surface area contributed by atoms with Crippen molar-refractivity contribution in [1.82, 2.24) is 19.5 Å². The first-order chi connectivity index (χ1) is 15.8. The first-order valence-corrected chi connectivity index (χ1v) is 11.4. The van der Waals surface area contributed by atoms with Gasteiger partial charge in [0.15, 0.2) is 5.89 Å². The average molecular weight is 466 g/mol. The van der Waals surface area contributed by atoms with Crippen LogP contribution in [0.3, 0.4) is 0 Å². The minimum atomic E-state index is -1.68. The number of fused-ring (bicyclic) bond motifs is 1. The highest BCUT2D eigenvalue weighted by molar-refractivity contribution is 6.63. The summed E-state index contributed by atoms with van der Waals surface area (Å²) < 4.78 is 7.37. The molecule has 3 aromatic heterocycles. The molecule has 0 unspecified atom stereocenters. The van der Waals surface area contributed by atoms with Gasteiger partial charge in [0.25, 0.3) is 0 Å². The van der Waals surface area contributed by atoms with E-state index in [0.29, 0.717) is 35.9 Å². The molecule has 2 atom stereocenters. The fourth-order valence-corrected chi connectivity index (χ4v) is 5.01. The van der Waals surface area contributed by atoms with E-state index in [2.05, 4.69) is 23.7 Å². The second kappa shape index (κ2) is 8.48. The van der Waals surface area contributed by atoms with Crippen molar-refractivity contribution in [1.29, 1.82) is 0 Å². The molecule has 1 fully saturated rings. The summed E-state index contributed by atoms with van der Waals surface area (Å²) in [6, 6.07) is 8.35. The lowest BCUT2D eigenvalue weighted by Gasteiger charge is -2.27. The van der Waals surface area contributed by atoms with E-state index in [1.165, 1.54) is 0 Å². The number of pyridine rings is 1. The highest BCUT2D eigenvalue weighted by Gasteiger charge is 2.28. The summed E-state index contributed by atoms with van der Waals surface area (Å²) in [5.74, 6) is 2.20. The fraction of sp³-hybridized carbons (Fsp3) is 0.348. The summed E-state index contributed by atoms with van der Waals surface area (Å²) in [6.45, 7) is 6.68.